The molecule has 2 aromatic carbocycles. The maximum absolute atomic E-state index is 12.9. The van der Waals surface area contributed by atoms with E-state index < -0.39 is 5.97 Å². The van der Waals surface area contributed by atoms with Crippen LogP contribution in [-0.2, 0) is 16.1 Å². The van der Waals surface area contributed by atoms with E-state index in [0.29, 0.717) is 39.5 Å². The summed E-state index contributed by atoms with van der Waals surface area (Å²) in [5, 5.41) is 14.5. The summed E-state index contributed by atoms with van der Waals surface area (Å²) in [5.41, 5.74) is 4.07. The van der Waals surface area contributed by atoms with Gasteiger partial charge in [-0.2, -0.15) is 0 Å². The molecule has 1 N–H and O–H groups in total. The van der Waals surface area contributed by atoms with Crippen molar-refractivity contribution in [3.05, 3.63) is 65.0 Å². The zero-order valence-corrected chi connectivity index (χ0v) is 23.6. The van der Waals surface area contributed by atoms with E-state index in [4.69, 9.17) is 9.47 Å². The number of methoxy groups -OCH3 is 2. The van der Waals surface area contributed by atoms with Gasteiger partial charge in [0, 0.05) is 23.1 Å². The van der Waals surface area contributed by atoms with Crippen LogP contribution in [0, 0.1) is 0 Å². The van der Waals surface area contributed by atoms with Crippen molar-refractivity contribution in [2.45, 2.75) is 38.4 Å². The van der Waals surface area contributed by atoms with Gasteiger partial charge in [0.1, 0.15) is 16.3 Å². The van der Waals surface area contributed by atoms with Crippen molar-refractivity contribution < 1.29 is 19.1 Å². The molecule has 0 saturated heterocycles. The number of amides is 1. The Labute approximate surface area is 230 Å². The van der Waals surface area contributed by atoms with Gasteiger partial charge in [-0.1, -0.05) is 62.0 Å². The van der Waals surface area contributed by atoms with Crippen LogP contribution >= 0.6 is 23.1 Å². The van der Waals surface area contributed by atoms with Crippen LogP contribution in [0.3, 0.4) is 0 Å². The van der Waals surface area contributed by atoms with Crippen molar-refractivity contribution in [2.24, 2.45) is 0 Å². The lowest BCUT2D eigenvalue weighted by atomic mass is 10.0. The maximum Gasteiger partial charge on any atom is 0.341 e. The highest BCUT2D eigenvalue weighted by Crippen LogP contribution is 2.37. The van der Waals surface area contributed by atoms with Crippen LogP contribution in [0.4, 0.5) is 5.00 Å². The average molecular weight is 551 g/mol. The van der Waals surface area contributed by atoms with Crippen molar-refractivity contribution in [1.82, 2.24) is 14.8 Å². The van der Waals surface area contributed by atoms with Gasteiger partial charge < -0.3 is 19.4 Å². The predicted molar refractivity (Wildman–Crippen MR) is 152 cm³/mol. The SMILES string of the molecule is CCn1c(SCC(=O)Nc2scc(-c3ccc(OC)cc3)c2C(=O)OC)nnc1-c1ccc(C(C)C)cc1. The summed E-state index contributed by atoms with van der Waals surface area (Å²) in [6, 6.07) is 15.7. The molecule has 10 heteroatoms. The van der Waals surface area contributed by atoms with Crippen LogP contribution in [0.25, 0.3) is 22.5 Å². The number of thioether (sulfide) groups is 1. The van der Waals surface area contributed by atoms with Gasteiger partial charge in [-0.3, -0.25) is 4.79 Å². The standard InChI is InChI=1S/C28H30N4O4S2/c1-6-32-25(20-9-7-18(8-10-20)17(2)3)30-31-28(32)38-16-23(33)29-26-24(27(34)36-5)22(15-37-26)19-11-13-21(35-4)14-12-19/h7-15,17H,6,16H2,1-5H3,(H,29,33). The molecule has 2 heterocycles. The molecule has 0 atom stereocenters. The van der Waals surface area contributed by atoms with Gasteiger partial charge in [0.05, 0.1) is 20.0 Å². The molecule has 2 aromatic heterocycles. The lowest BCUT2D eigenvalue weighted by Gasteiger charge is -2.10. The van der Waals surface area contributed by atoms with Crippen LogP contribution in [0.2, 0.25) is 0 Å². The number of esters is 1. The Morgan fingerprint density at radius 3 is 2.32 bits per heavy atom. The van der Waals surface area contributed by atoms with Crippen molar-refractivity contribution in [3.63, 3.8) is 0 Å². The molecule has 0 aliphatic rings. The molecule has 0 radical (unpaired) electrons. The summed E-state index contributed by atoms with van der Waals surface area (Å²) in [4.78, 5) is 25.5. The van der Waals surface area contributed by atoms with Gasteiger partial charge in [0.25, 0.3) is 0 Å². The normalized spacial score (nSPS) is 11.0. The summed E-state index contributed by atoms with van der Waals surface area (Å²) in [5.74, 6) is 1.27. The Kier molecular flexibility index (Phi) is 8.85. The van der Waals surface area contributed by atoms with Gasteiger partial charge in [-0.15, -0.1) is 21.5 Å². The molecule has 38 heavy (non-hydrogen) atoms. The molecular formula is C28H30N4O4S2. The monoisotopic (exact) mass is 550 g/mol. The number of ether oxygens (including phenoxy) is 2. The van der Waals surface area contributed by atoms with Crippen molar-refractivity contribution in [3.8, 4) is 28.3 Å². The quantitative estimate of drug-likeness (QED) is 0.182. The minimum Gasteiger partial charge on any atom is -0.497 e. The molecule has 0 aliphatic carbocycles. The van der Waals surface area contributed by atoms with E-state index in [-0.39, 0.29) is 11.7 Å². The van der Waals surface area contributed by atoms with Crippen molar-refractivity contribution in [1.29, 1.82) is 0 Å². The second-order valence-electron chi connectivity index (χ2n) is 8.74. The first-order valence-corrected chi connectivity index (χ1v) is 14.0. The van der Waals surface area contributed by atoms with Gasteiger partial charge in [0.15, 0.2) is 11.0 Å². The average Bonchev–Trinajstić information content (AvgIpc) is 3.55. The van der Waals surface area contributed by atoms with Crippen LogP contribution in [-0.4, -0.2) is 46.6 Å². The first-order valence-electron chi connectivity index (χ1n) is 12.2. The molecule has 0 fully saturated rings. The van der Waals surface area contributed by atoms with Gasteiger partial charge >= 0.3 is 5.97 Å². The molecule has 0 bridgehead atoms. The number of carbonyl (C=O) groups excluding carboxylic acids is 2. The van der Waals surface area contributed by atoms with Crippen LogP contribution < -0.4 is 10.1 Å². The Morgan fingerprint density at radius 1 is 1.03 bits per heavy atom. The van der Waals surface area contributed by atoms with E-state index in [2.05, 4.69) is 53.6 Å². The van der Waals surface area contributed by atoms with Crippen molar-refractivity contribution >= 4 is 40.0 Å². The predicted octanol–water partition coefficient (Wildman–Crippen LogP) is 6.34. The zero-order chi connectivity index (χ0) is 27.2. The summed E-state index contributed by atoms with van der Waals surface area (Å²) in [6.45, 7) is 7.01. The number of aromatic nitrogens is 3. The fraction of sp³-hybridized carbons (Fsp3) is 0.286. The number of hydrogen-bond acceptors (Lipinski definition) is 8. The topological polar surface area (TPSA) is 95.3 Å². The highest BCUT2D eigenvalue weighted by Gasteiger charge is 2.23. The van der Waals surface area contributed by atoms with Crippen molar-refractivity contribution in [2.75, 3.05) is 25.3 Å². The Hall–Kier alpha value is -3.63. The maximum atomic E-state index is 12.9. The number of nitrogens with zero attached hydrogens (tertiary/aromatic N) is 3. The molecule has 4 aromatic rings. The van der Waals surface area contributed by atoms with E-state index in [1.54, 1.807) is 7.11 Å². The first-order chi connectivity index (χ1) is 18.4. The fourth-order valence-corrected chi connectivity index (χ4v) is 5.72. The number of carbonyl (C=O) groups is 2. The van der Waals surface area contributed by atoms with Gasteiger partial charge in [-0.05, 0) is 36.1 Å². The smallest absolute Gasteiger partial charge is 0.341 e. The number of benzene rings is 2. The van der Waals surface area contributed by atoms with E-state index in [9.17, 15) is 9.59 Å². The number of nitrogens with one attached hydrogen (secondary N) is 1. The number of anilines is 1. The minimum atomic E-state index is -0.515. The molecule has 0 unspecified atom stereocenters. The summed E-state index contributed by atoms with van der Waals surface area (Å²) in [6.07, 6.45) is 0. The van der Waals surface area contributed by atoms with Crippen LogP contribution in [0.15, 0.2) is 59.1 Å². The second kappa shape index (κ2) is 12.3. The molecular weight excluding hydrogens is 520 g/mol. The number of hydrogen-bond donors (Lipinski definition) is 1. The zero-order valence-electron chi connectivity index (χ0n) is 22.0. The molecule has 1 amide bonds. The van der Waals surface area contributed by atoms with Crippen LogP contribution in [0.1, 0.15) is 42.6 Å². The molecule has 0 spiro atoms. The van der Waals surface area contributed by atoms with Gasteiger partial charge in [0.2, 0.25) is 5.91 Å². The summed E-state index contributed by atoms with van der Waals surface area (Å²) < 4.78 is 12.2. The van der Waals surface area contributed by atoms with Crippen LogP contribution in [0.5, 0.6) is 5.75 Å². The molecule has 8 nitrogen and oxygen atoms in total. The largest absolute Gasteiger partial charge is 0.497 e. The molecule has 0 aliphatic heterocycles. The molecule has 198 valence electrons. The first kappa shape index (κ1) is 27.4. The second-order valence-corrected chi connectivity index (χ2v) is 10.6. The number of rotatable bonds is 10. The van der Waals surface area contributed by atoms with E-state index >= 15 is 0 Å². The Balaban J connectivity index is 1.49. The fourth-order valence-electron chi connectivity index (χ4n) is 3.94. The van der Waals surface area contributed by atoms with E-state index in [1.807, 2.05) is 41.1 Å². The lowest BCUT2D eigenvalue weighted by molar-refractivity contribution is -0.113. The highest BCUT2D eigenvalue weighted by atomic mass is 32.2. The minimum absolute atomic E-state index is 0.112. The van der Waals surface area contributed by atoms with E-state index in [0.717, 1.165) is 17.0 Å². The Morgan fingerprint density at radius 2 is 1.71 bits per heavy atom. The molecule has 4 rings (SSSR count). The highest BCUT2D eigenvalue weighted by molar-refractivity contribution is 7.99. The third-order valence-electron chi connectivity index (χ3n) is 6.04. The molecule has 0 saturated carbocycles. The third kappa shape index (κ3) is 5.92. The Bertz CT molecular complexity index is 1410. The summed E-state index contributed by atoms with van der Waals surface area (Å²) in [7, 11) is 2.92. The van der Waals surface area contributed by atoms with Gasteiger partial charge in [-0.25, -0.2) is 4.79 Å². The number of thiophene rings is 1. The van der Waals surface area contributed by atoms with E-state index in [1.165, 1.54) is 35.8 Å². The third-order valence-corrected chi connectivity index (χ3v) is 7.90. The summed E-state index contributed by atoms with van der Waals surface area (Å²) >= 11 is 2.58. The lowest BCUT2D eigenvalue weighted by Crippen LogP contribution is -2.16.